The lowest BCUT2D eigenvalue weighted by atomic mass is 10.2. The minimum atomic E-state index is -0.765. The number of carbonyl (C=O) groups excluding carboxylic acids is 1. The first-order valence-corrected chi connectivity index (χ1v) is 5.49. The maximum absolute atomic E-state index is 11.4. The zero-order valence-corrected chi connectivity index (χ0v) is 9.80. The van der Waals surface area contributed by atoms with Gasteiger partial charge in [0.2, 0.25) is 0 Å². The van der Waals surface area contributed by atoms with Crippen LogP contribution in [0, 0.1) is 0 Å². The molecule has 1 rings (SSSR count). The Balaban J connectivity index is 2.31. The lowest BCUT2D eigenvalue weighted by Gasteiger charge is -2.18. The number of carbonyl (C=O) groups is 1. The summed E-state index contributed by atoms with van der Waals surface area (Å²) in [6.45, 7) is 1.97. The number of aliphatic hydroxyl groups is 1. The standard InChI is InChI=1S/C12H18N2O3/c1-9(11(15)7-13)14-12(16)17-8-10-5-3-2-4-6-10/h2-6,9,11,15H,7-8,13H2,1H3,(H,14,16)/t9?,11-/m0/s1. The highest BCUT2D eigenvalue weighted by Gasteiger charge is 2.15. The third kappa shape index (κ3) is 4.84. The summed E-state index contributed by atoms with van der Waals surface area (Å²) in [7, 11) is 0. The molecule has 2 atom stereocenters. The molecule has 0 aliphatic rings. The Hall–Kier alpha value is -1.59. The largest absolute Gasteiger partial charge is 0.445 e. The third-order valence-corrected chi connectivity index (χ3v) is 2.38. The minimum Gasteiger partial charge on any atom is -0.445 e. The summed E-state index contributed by atoms with van der Waals surface area (Å²) < 4.78 is 4.99. The van der Waals surface area contributed by atoms with Crippen LogP contribution in [0.3, 0.4) is 0 Å². The van der Waals surface area contributed by atoms with Crippen LogP contribution in [0.25, 0.3) is 0 Å². The van der Waals surface area contributed by atoms with E-state index in [1.54, 1.807) is 6.92 Å². The van der Waals surface area contributed by atoms with E-state index in [2.05, 4.69) is 5.32 Å². The Labute approximate surface area is 101 Å². The van der Waals surface area contributed by atoms with Crippen LogP contribution in [-0.2, 0) is 11.3 Å². The van der Waals surface area contributed by atoms with Gasteiger partial charge in [0.1, 0.15) is 6.61 Å². The van der Waals surface area contributed by atoms with Gasteiger partial charge in [-0.05, 0) is 12.5 Å². The summed E-state index contributed by atoms with van der Waals surface area (Å²) in [6, 6.07) is 8.94. The van der Waals surface area contributed by atoms with Crippen LogP contribution in [0.1, 0.15) is 12.5 Å². The maximum atomic E-state index is 11.4. The predicted octanol–water partition coefficient (Wildman–Crippen LogP) is 0.621. The number of nitrogens with one attached hydrogen (secondary N) is 1. The summed E-state index contributed by atoms with van der Waals surface area (Å²) in [6.07, 6.45) is -1.33. The number of hydrogen-bond donors (Lipinski definition) is 3. The van der Waals surface area contributed by atoms with Crippen LogP contribution in [0.15, 0.2) is 30.3 Å². The van der Waals surface area contributed by atoms with E-state index < -0.39 is 18.2 Å². The number of rotatable bonds is 5. The van der Waals surface area contributed by atoms with Crippen LogP contribution >= 0.6 is 0 Å². The van der Waals surface area contributed by atoms with E-state index in [-0.39, 0.29) is 13.2 Å². The van der Waals surface area contributed by atoms with Crippen LogP contribution in [-0.4, -0.2) is 29.9 Å². The molecule has 1 aromatic carbocycles. The normalized spacial score (nSPS) is 13.8. The highest BCUT2D eigenvalue weighted by Crippen LogP contribution is 2.01. The van der Waals surface area contributed by atoms with E-state index in [0.717, 1.165) is 5.56 Å². The lowest BCUT2D eigenvalue weighted by Crippen LogP contribution is -2.44. The molecule has 1 aromatic rings. The fourth-order valence-electron chi connectivity index (χ4n) is 1.25. The van der Waals surface area contributed by atoms with Crippen molar-refractivity contribution in [2.45, 2.75) is 25.7 Å². The average Bonchev–Trinajstić information content (AvgIpc) is 2.36. The van der Waals surface area contributed by atoms with Crippen molar-refractivity contribution in [3.05, 3.63) is 35.9 Å². The molecule has 5 nitrogen and oxygen atoms in total. The molecule has 0 spiro atoms. The van der Waals surface area contributed by atoms with Crippen molar-refractivity contribution in [1.29, 1.82) is 0 Å². The number of aliphatic hydroxyl groups excluding tert-OH is 1. The van der Waals surface area contributed by atoms with Gasteiger partial charge in [-0.2, -0.15) is 0 Å². The van der Waals surface area contributed by atoms with Gasteiger partial charge in [0, 0.05) is 6.54 Å². The SMILES string of the molecule is CC(NC(=O)OCc1ccccc1)[C@@H](O)CN. The van der Waals surface area contributed by atoms with Gasteiger partial charge in [0.25, 0.3) is 0 Å². The highest BCUT2D eigenvalue weighted by atomic mass is 16.5. The molecule has 0 fully saturated rings. The molecule has 0 heterocycles. The fraction of sp³-hybridized carbons (Fsp3) is 0.417. The summed E-state index contributed by atoms with van der Waals surface area (Å²) >= 11 is 0. The molecule has 17 heavy (non-hydrogen) atoms. The van der Waals surface area contributed by atoms with Crippen molar-refractivity contribution >= 4 is 6.09 Å². The van der Waals surface area contributed by atoms with Gasteiger partial charge in [0.15, 0.2) is 0 Å². The Morgan fingerprint density at radius 2 is 2.12 bits per heavy atom. The van der Waals surface area contributed by atoms with Crippen molar-refractivity contribution in [2.24, 2.45) is 5.73 Å². The van der Waals surface area contributed by atoms with Gasteiger partial charge in [0.05, 0.1) is 12.1 Å². The molecule has 5 heteroatoms. The van der Waals surface area contributed by atoms with Crippen molar-refractivity contribution in [2.75, 3.05) is 6.54 Å². The summed E-state index contributed by atoms with van der Waals surface area (Å²) in [5.74, 6) is 0. The van der Waals surface area contributed by atoms with E-state index in [0.29, 0.717) is 0 Å². The van der Waals surface area contributed by atoms with Crippen molar-refractivity contribution in [3.63, 3.8) is 0 Å². The smallest absolute Gasteiger partial charge is 0.407 e. The average molecular weight is 238 g/mol. The molecule has 0 aliphatic heterocycles. The van der Waals surface area contributed by atoms with Gasteiger partial charge in [-0.15, -0.1) is 0 Å². The quantitative estimate of drug-likeness (QED) is 0.702. The van der Waals surface area contributed by atoms with E-state index >= 15 is 0 Å². The van der Waals surface area contributed by atoms with Gasteiger partial charge in [-0.3, -0.25) is 0 Å². The molecule has 0 radical (unpaired) electrons. The number of hydrogen-bond acceptors (Lipinski definition) is 4. The van der Waals surface area contributed by atoms with Crippen LogP contribution in [0.5, 0.6) is 0 Å². The topological polar surface area (TPSA) is 84.6 Å². The zero-order chi connectivity index (χ0) is 12.7. The van der Waals surface area contributed by atoms with Crippen LogP contribution in [0.4, 0.5) is 4.79 Å². The molecular formula is C12H18N2O3. The zero-order valence-electron chi connectivity index (χ0n) is 9.80. The first-order chi connectivity index (χ1) is 8.13. The fourth-order valence-corrected chi connectivity index (χ4v) is 1.25. The van der Waals surface area contributed by atoms with Gasteiger partial charge in [-0.25, -0.2) is 4.79 Å². The van der Waals surface area contributed by atoms with Crippen LogP contribution < -0.4 is 11.1 Å². The number of nitrogens with two attached hydrogens (primary N) is 1. The first kappa shape index (κ1) is 13.5. The Morgan fingerprint density at radius 1 is 1.47 bits per heavy atom. The van der Waals surface area contributed by atoms with Crippen molar-refractivity contribution in [1.82, 2.24) is 5.32 Å². The van der Waals surface area contributed by atoms with E-state index in [1.807, 2.05) is 30.3 Å². The molecular weight excluding hydrogens is 220 g/mol. The van der Waals surface area contributed by atoms with Gasteiger partial charge in [-0.1, -0.05) is 30.3 Å². The van der Waals surface area contributed by atoms with Crippen LogP contribution in [0.2, 0.25) is 0 Å². The second kappa shape index (κ2) is 6.88. The summed E-state index contributed by atoms with van der Waals surface area (Å²) in [5, 5.41) is 11.9. The van der Waals surface area contributed by atoms with Crippen molar-refractivity contribution in [3.8, 4) is 0 Å². The number of ether oxygens (including phenoxy) is 1. The van der Waals surface area contributed by atoms with Crippen molar-refractivity contribution < 1.29 is 14.6 Å². The third-order valence-electron chi connectivity index (χ3n) is 2.38. The van der Waals surface area contributed by atoms with E-state index in [9.17, 15) is 9.90 Å². The molecule has 0 saturated heterocycles. The maximum Gasteiger partial charge on any atom is 0.407 e. The molecule has 1 amide bonds. The molecule has 94 valence electrons. The van der Waals surface area contributed by atoms with Gasteiger partial charge >= 0.3 is 6.09 Å². The summed E-state index contributed by atoms with van der Waals surface area (Å²) in [5.41, 5.74) is 6.18. The predicted molar refractivity (Wildman–Crippen MR) is 64.3 cm³/mol. The Bertz CT molecular complexity index is 343. The number of alkyl carbamates (subject to hydrolysis) is 1. The monoisotopic (exact) mass is 238 g/mol. The minimum absolute atomic E-state index is 0.0974. The lowest BCUT2D eigenvalue weighted by molar-refractivity contribution is 0.110. The second-order valence-electron chi connectivity index (χ2n) is 3.80. The van der Waals surface area contributed by atoms with E-state index in [4.69, 9.17) is 10.5 Å². The molecule has 1 unspecified atom stereocenters. The number of amides is 1. The summed E-state index contributed by atoms with van der Waals surface area (Å²) in [4.78, 5) is 11.4. The number of benzene rings is 1. The van der Waals surface area contributed by atoms with Gasteiger partial charge < -0.3 is 20.9 Å². The molecule has 0 bridgehead atoms. The Kier molecular flexibility index (Phi) is 5.45. The molecule has 0 saturated carbocycles. The first-order valence-electron chi connectivity index (χ1n) is 5.49. The molecule has 4 N–H and O–H groups in total. The molecule has 0 aromatic heterocycles. The second-order valence-corrected chi connectivity index (χ2v) is 3.80. The highest BCUT2D eigenvalue weighted by molar-refractivity contribution is 5.67. The van der Waals surface area contributed by atoms with E-state index in [1.165, 1.54) is 0 Å². The molecule has 0 aliphatic carbocycles. The Morgan fingerprint density at radius 3 is 2.71 bits per heavy atom.